The maximum atomic E-state index is 13.2. The Kier molecular flexibility index (Phi) is 2.94. The molecule has 0 bridgehead atoms. The van der Waals surface area contributed by atoms with Crippen LogP contribution in [0.15, 0.2) is 18.3 Å². The second-order valence-corrected chi connectivity index (χ2v) is 4.43. The van der Waals surface area contributed by atoms with Crippen LogP contribution in [0.4, 0.5) is 10.1 Å². The zero-order chi connectivity index (χ0) is 11.9. The van der Waals surface area contributed by atoms with Gasteiger partial charge >= 0.3 is 5.69 Å². The molecule has 0 unspecified atom stereocenters. The van der Waals surface area contributed by atoms with Gasteiger partial charge in [-0.2, -0.15) is 0 Å². The van der Waals surface area contributed by atoms with Crippen molar-refractivity contribution in [2.24, 2.45) is 0 Å². The minimum atomic E-state index is -0.620. The van der Waals surface area contributed by atoms with E-state index in [1.165, 1.54) is 12.1 Å². The summed E-state index contributed by atoms with van der Waals surface area (Å²) in [4.78, 5) is 13.9. The van der Waals surface area contributed by atoms with Crippen molar-refractivity contribution in [1.29, 1.82) is 0 Å². The lowest BCUT2D eigenvalue weighted by atomic mass is 10.2. The van der Waals surface area contributed by atoms with Gasteiger partial charge in [-0.3, -0.25) is 10.1 Å². The molecule has 1 aromatic heterocycles. The van der Waals surface area contributed by atoms with Crippen molar-refractivity contribution in [3.05, 3.63) is 42.9 Å². The molecule has 7 heteroatoms. The summed E-state index contributed by atoms with van der Waals surface area (Å²) in [5, 5.41) is 11.0. The van der Waals surface area contributed by atoms with Gasteiger partial charge in [-0.1, -0.05) is 11.6 Å². The van der Waals surface area contributed by atoms with E-state index in [1.807, 2.05) is 0 Å². The van der Waals surface area contributed by atoms with Crippen LogP contribution in [0.5, 0.6) is 0 Å². The number of nitro groups is 1. The third kappa shape index (κ3) is 1.71. The molecular formula is C9H3ClFIN2O2. The Balaban J connectivity index is 2.87. The molecule has 0 amide bonds. The van der Waals surface area contributed by atoms with Crippen molar-refractivity contribution >= 4 is 50.8 Å². The molecule has 0 atom stereocenters. The predicted molar refractivity (Wildman–Crippen MR) is 66.1 cm³/mol. The minimum Gasteiger partial charge on any atom is -0.258 e. The van der Waals surface area contributed by atoms with E-state index in [9.17, 15) is 14.5 Å². The van der Waals surface area contributed by atoms with Crippen molar-refractivity contribution in [2.75, 3.05) is 0 Å². The van der Waals surface area contributed by atoms with Crippen LogP contribution in [0.25, 0.3) is 10.9 Å². The van der Waals surface area contributed by atoms with Crippen LogP contribution in [-0.4, -0.2) is 9.91 Å². The molecule has 0 fully saturated rings. The first-order chi connectivity index (χ1) is 7.52. The Morgan fingerprint density at radius 1 is 1.50 bits per heavy atom. The van der Waals surface area contributed by atoms with Crippen LogP contribution in [0.1, 0.15) is 0 Å². The Bertz CT molecular complexity index is 606. The standard InChI is InChI=1S/C9H3ClFIN2O2/c10-7-4-1-2-5(11)8(12)9(4)13-3-6(7)14(15)16/h1-3H. The van der Waals surface area contributed by atoms with E-state index >= 15 is 0 Å². The number of fused-ring (bicyclic) bond motifs is 1. The van der Waals surface area contributed by atoms with Gasteiger partial charge in [-0.15, -0.1) is 0 Å². The molecule has 82 valence electrons. The third-order valence-corrected chi connectivity index (χ3v) is 3.47. The summed E-state index contributed by atoms with van der Waals surface area (Å²) in [5.41, 5.74) is 0.0489. The number of aromatic nitrogens is 1. The monoisotopic (exact) mass is 352 g/mol. The molecule has 2 aromatic rings. The highest BCUT2D eigenvalue weighted by Crippen LogP contribution is 2.33. The molecule has 0 aliphatic carbocycles. The fraction of sp³-hybridized carbons (Fsp3) is 0. The average Bonchev–Trinajstić information content (AvgIpc) is 2.23. The van der Waals surface area contributed by atoms with Crippen LogP contribution < -0.4 is 0 Å². The SMILES string of the molecule is O=[N+]([O-])c1cnc2c(I)c(F)ccc2c1Cl. The van der Waals surface area contributed by atoms with Crippen LogP contribution in [0.3, 0.4) is 0 Å². The molecule has 0 radical (unpaired) electrons. The highest BCUT2D eigenvalue weighted by atomic mass is 127. The fourth-order valence-electron chi connectivity index (χ4n) is 1.29. The number of halogens is 3. The molecule has 4 nitrogen and oxygen atoms in total. The maximum Gasteiger partial charge on any atom is 0.306 e. The number of hydrogen-bond acceptors (Lipinski definition) is 3. The first-order valence-corrected chi connectivity index (χ1v) is 5.54. The summed E-state index contributed by atoms with van der Waals surface area (Å²) >= 11 is 7.64. The van der Waals surface area contributed by atoms with E-state index in [4.69, 9.17) is 11.6 Å². The van der Waals surface area contributed by atoms with E-state index in [0.29, 0.717) is 14.5 Å². The first-order valence-electron chi connectivity index (χ1n) is 4.09. The van der Waals surface area contributed by atoms with Gasteiger partial charge in [-0.25, -0.2) is 9.37 Å². The van der Waals surface area contributed by atoms with Gasteiger partial charge in [0, 0.05) is 5.39 Å². The van der Waals surface area contributed by atoms with Gasteiger partial charge < -0.3 is 0 Å². The highest BCUT2D eigenvalue weighted by molar-refractivity contribution is 14.1. The summed E-state index contributed by atoms with van der Waals surface area (Å²) in [5.74, 6) is -0.425. The largest absolute Gasteiger partial charge is 0.306 e. The van der Waals surface area contributed by atoms with Crippen LogP contribution in [0.2, 0.25) is 5.02 Å². The Morgan fingerprint density at radius 3 is 2.81 bits per heavy atom. The van der Waals surface area contributed by atoms with Gasteiger partial charge in [0.1, 0.15) is 17.0 Å². The van der Waals surface area contributed by atoms with Crippen molar-refractivity contribution in [2.45, 2.75) is 0 Å². The van der Waals surface area contributed by atoms with Crippen LogP contribution >= 0.6 is 34.2 Å². The zero-order valence-electron chi connectivity index (χ0n) is 7.58. The van der Waals surface area contributed by atoms with E-state index in [0.717, 1.165) is 6.20 Å². The summed E-state index contributed by atoms with van der Waals surface area (Å²) in [6, 6.07) is 2.59. The second-order valence-electron chi connectivity index (χ2n) is 2.97. The molecule has 0 aliphatic rings. The summed E-state index contributed by atoms with van der Waals surface area (Å²) < 4.78 is 13.5. The Morgan fingerprint density at radius 2 is 2.19 bits per heavy atom. The van der Waals surface area contributed by atoms with Gasteiger partial charge in [0.15, 0.2) is 0 Å². The quantitative estimate of drug-likeness (QED) is 0.448. The lowest BCUT2D eigenvalue weighted by Gasteiger charge is -2.03. The van der Waals surface area contributed by atoms with Gasteiger partial charge in [0.2, 0.25) is 0 Å². The zero-order valence-corrected chi connectivity index (χ0v) is 10.5. The molecule has 16 heavy (non-hydrogen) atoms. The molecule has 2 rings (SSSR count). The van der Waals surface area contributed by atoms with Crippen molar-refractivity contribution in [3.8, 4) is 0 Å². The smallest absolute Gasteiger partial charge is 0.258 e. The molecule has 0 aliphatic heterocycles. The highest BCUT2D eigenvalue weighted by Gasteiger charge is 2.18. The van der Waals surface area contributed by atoms with E-state index in [1.54, 1.807) is 22.6 Å². The molecular weight excluding hydrogens is 349 g/mol. The fourth-order valence-corrected chi connectivity index (χ4v) is 2.17. The number of nitrogens with zero attached hydrogens (tertiary/aromatic N) is 2. The molecule has 1 aromatic carbocycles. The van der Waals surface area contributed by atoms with Crippen molar-refractivity contribution in [1.82, 2.24) is 4.98 Å². The van der Waals surface area contributed by atoms with Crippen molar-refractivity contribution in [3.63, 3.8) is 0 Å². The van der Waals surface area contributed by atoms with Gasteiger partial charge in [-0.05, 0) is 34.7 Å². The molecule has 0 saturated heterocycles. The van der Waals surface area contributed by atoms with Gasteiger partial charge in [0.05, 0.1) is 14.0 Å². The van der Waals surface area contributed by atoms with E-state index < -0.39 is 10.7 Å². The molecule has 1 heterocycles. The number of benzene rings is 1. The Hall–Kier alpha value is -1.02. The molecule has 0 spiro atoms. The molecule has 0 N–H and O–H groups in total. The Labute approximate surface area is 108 Å². The number of pyridine rings is 1. The van der Waals surface area contributed by atoms with Crippen LogP contribution in [0, 0.1) is 19.5 Å². The van der Waals surface area contributed by atoms with E-state index in [-0.39, 0.29) is 10.7 Å². The summed E-state index contributed by atoms with van der Waals surface area (Å²) in [6.07, 6.45) is 1.03. The van der Waals surface area contributed by atoms with Gasteiger partial charge in [0.25, 0.3) is 0 Å². The third-order valence-electron chi connectivity index (χ3n) is 2.04. The summed E-state index contributed by atoms with van der Waals surface area (Å²) in [7, 11) is 0. The van der Waals surface area contributed by atoms with E-state index in [2.05, 4.69) is 4.98 Å². The molecule has 0 saturated carbocycles. The lowest BCUT2D eigenvalue weighted by molar-refractivity contribution is -0.384. The lowest BCUT2D eigenvalue weighted by Crippen LogP contribution is -1.94. The normalized spacial score (nSPS) is 10.7. The van der Waals surface area contributed by atoms with Crippen molar-refractivity contribution < 1.29 is 9.31 Å². The number of hydrogen-bond donors (Lipinski definition) is 0. The maximum absolute atomic E-state index is 13.2. The first kappa shape index (κ1) is 11.5. The predicted octanol–water partition coefficient (Wildman–Crippen LogP) is 3.54. The minimum absolute atomic E-state index is 0.0204. The van der Waals surface area contributed by atoms with Crippen LogP contribution in [-0.2, 0) is 0 Å². The number of rotatable bonds is 1. The average molecular weight is 352 g/mol. The summed E-state index contributed by atoms with van der Waals surface area (Å²) in [6.45, 7) is 0. The second kappa shape index (κ2) is 4.10. The topological polar surface area (TPSA) is 56.0 Å².